The van der Waals surface area contributed by atoms with Gasteiger partial charge in [-0.15, -0.1) is 24.8 Å². The molecular weight excluding hydrogens is 399 g/mol. The lowest BCUT2D eigenvalue weighted by Crippen LogP contribution is -2.56. The van der Waals surface area contributed by atoms with Gasteiger partial charge in [-0.25, -0.2) is 0 Å². The van der Waals surface area contributed by atoms with Gasteiger partial charge in [0.25, 0.3) is 0 Å². The molecule has 1 atom stereocenters. The lowest BCUT2D eigenvalue weighted by molar-refractivity contribution is -0.136. The standard InChI is InChI=1S/C20H32N4O2.2ClH/c1-14-7-6-8-15(2)17(14)22-16(25)13-23-9-11-24(12-10-23)19(26)18(21)20(3,4)5;;/h6-8,18H,9-13,21H2,1-5H3,(H,22,25);2*1H/t18-;;/m1../s1. The number of para-hydroxylation sites is 1. The van der Waals surface area contributed by atoms with Gasteiger partial charge in [0.15, 0.2) is 0 Å². The summed E-state index contributed by atoms with van der Waals surface area (Å²) in [7, 11) is 0. The first-order chi connectivity index (χ1) is 12.1. The van der Waals surface area contributed by atoms with E-state index in [2.05, 4.69) is 10.2 Å². The van der Waals surface area contributed by atoms with Crippen molar-refractivity contribution < 1.29 is 9.59 Å². The van der Waals surface area contributed by atoms with E-state index >= 15 is 0 Å². The number of carbonyl (C=O) groups excluding carboxylic acids is 2. The van der Waals surface area contributed by atoms with Crippen LogP contribution in [0.4, 0.5) is 5.69 Å². The van der Waals surface area contributed by atoms with Crippen LogP contribution >= 0.6 is 24.8 Å². The van der Waals surface area contributed by atoms with Crippen molar-refractivity contribution in [2.75, 3.05) is 38.0 Å². The van der Waals surface area contributed by atoms with Crippen molar-refractivity contribution in [2.24, 2.45) is 11.1 Å². The van der Waals surface area contributed by atoms with Gasteiger partial charge in [-0.3, -0.25) is 14.5 Å². The van der Waals surface area contributed by atoms with E-state index in [0.717, 1.165) is 16.8 Å². The van der Waals surface area contributed by atoms with Gasteiger partial charge < -0.3 is 16.0 Å². The summed E-state index contributed by atoms with van der Waals surface area (Å²) in [6.07, 6.45) is 0. The second-order valence-electron chi connectivity index (χ2n) is 8.26. The highest BCUT2D eigenvalue weighted by Crippen LogP contribution is 2.21. The van der Waals surface area contributed by atoms with Crippen LogP contribution in [0.2, 0.25) is 0 Å². The van der Waals surface area contributed by atoms with Crippen molar-refractivity contribution in [3.63, 3.8) is 0 Å². The zero-order valence-corrected chi connectivity index (χ0v) is 19.1. The Balaban J connectivity index is 0.00000364. The summed E-state index contributed by atoms with van der Waals surface area (Å²) in [4.78, 5) is 28.8. The van der Waals surface area contributed by atoms with Gasteiger partial charge in [-0.05, 0) is 30.4 Å². The number of nitrogens with one attached hydrogen (secondary N) is 1. The molecule has 2 rings (SSSR count). The van der Waals surface area contributed by atoms with Gasteiger partial charge in [0.2, 0.25) is 11.8 Å². The Hall–Kier alpha value is -1.34. The van der Waals surface area contributed by atoms with E-state index in [4.69, 9.17) is 5.73 Å². The summed E-state index contributed by atoms with van der Waals surface area (Å²) in [6.45, 7) is 12.8. The molecule has 160 valence electrons. The summed E-state index contributed by atoms with van der Waals surface area (Å²) in [5.41, 5.74) is 8.85. The summed E-state index contributed by atoms with van der Waals surface area (Å²) in [6, 6.07) is 5.47. The molecule has 0 spiro atoms. The van der Waals surface area contributed by atoms with Crippen LogP contribution in [-0.2, 0) is 9.59 Å². The largest absolute Gasteiger partial charge is 0.339 e. The molecule has 6 nitrogen and oxygen atoms in total. The lowest BCUT2D eigenvalue weighted by Gasteiger charge is -2.37. The number of benzene rings is 1. The van der Waals surface area contributed by atoms with Crippen molar-refractivity contribution in [1.82, 2.24) is 9.80 Å². The Morgan fingerprint density at radius 1 is 1.07 bits per heavy atom. The van der Waals surface area contributed by atoms with E-state index in [1.165, 1.54) is 0 Å². The number of piperazine rings is 1. The summed E-state index contributed by atoms with van der Waals surface area (Å²) >= 11 is 0. The minimum Gasteiger partial charge on any atom is -0.339 e. The van der Waals surface area contributed by atoms with Gasteiger partial charge in [0.05, 0.1) is 12.6 Å². The number of amides is 2. The van der Waals surface area contributed by atoms with Crippen LogP contribution in [0, 0.1) is 19.3 Å². The van der Waals surface area contributed by atoms with Gasteiger partial charge in [0.1, 0.15) is 0 Å². The zero-order valence-electron chi connectivity index (χ0n) is 17.4. The fraction of sp³-hybridized carbons (Fsp3) is 0.600. The Morgan fingerprint density at radius 2 is 1.57 bits per heavy atom. The fourth-order valence-electron chi connectivity index (χ4n) is 3.09. The van der Waals surface area contributed by atoms with Gasteiger partial charge in [0, 0.05) is 31.9 Å². The maximum atomic E-state index is 12.5. The third-order valence-electron chi connectivity index (χ3n) is 5.00. The molecule has 1 saturated heterocycles. The molecule has 1 aromatic carbocycles. The predicted octanol–water partition coefficient (Wildman–Crippen LogP) is 2.60. The summed E-state index contributed by atoms with van der Waals surface area (Å²) in [5, 5.41) is 3.02. The molecular formula is C20H34Cl2N4O2. The van der Waals surface area contributed by atoms with E-state index in [0.29, 0.717) is 32.7 Å². The maximum Gasteiger partial charge on any atom is 0.240 e. The molecule has 1 aliphatic heterocycles. The first-order valence-electron chi connectivity index (χ1n) is 9.22. The van der Waals surface area contributed by atoms with Crippen LogP contribution in [0.15, 0.2) is 18.2 Å². The minimum absolute atomic E-state index is 0. The molecule has 1 aliphatic rings. The van der Waals surface area contributed by atoms with E-state index in [-0.39, 0.29) is 42.0 Å². The van der Waals surface area contributed by atoms with Gasteiger partial charge in [-0.2, -0.15) is 0 Å². The van der Waals surface area contributed by atoms with Crippen LogP contribution in [0.25, 0.3) is 0 Å². The fourth-order valence-corrected chi connectivity index (χ4v) is 3.09. The first-order valence-corrected chi connectivity index (χ1v) is 9.22. The number of halogens is 2. The number of hydrogen-bond donors (Lipinski definition) is 2. The zero-order chi connectivity index (χ0) is 19.5. The molecule has 3 N–H and O–H groups in total. The number of nitrogens with two attached hydrogens (primary N) is 1. The monoisotopic (exact) mass is 432 g/mol. The van der Waals surface area contributed by atoms with E-state index in [1.54, 1.807) is 0 Å². The van der Waals surface area contributed by atoms with Crippen LogP contribution in [0.1, 0.15) is 31.9 Å². The van der Waals surface area contributed by atoms with E-state index in [1.807, 2.05) is 57.7 Å². The average molecular weight is 433 g/mol. The van der Waals surface area contributed by atoms with Gasteiger partial charge >= 0.3 is 0 Å². The molecule has 1 fully saturated rings. The van der Waals surface area contributed by atoms with E-state index in [9.17, 15) is 9.59 Å². The molecule has 0 radical (unpaired) electrons. The Kier molecular flexibility index (Phi) is 10.5. The molecule has 0 saturated carbocycles. The van der Waals surface area contributed by atoms with Crippen molar-refractivity contribution in [3.8, 4) is 0 Å². The van der Waals surface area contributed by atoms with Crippen molar-refractivity contribution >= 4 is 42.3 Å². The molecule has 28 heavy (non-hydrogen) atoms. The number of carbonyl (C=O) groups is 2. The highest BCUT2D eigenvalue weighted by molar-refractivity contribution is 5.93. The Morgan fingerprint density at radius 3 is 2.04 bits per heavy atom. The number of anilines is 1. The van der Waals surface area contributed by atoms with Gasteiger partial charge in [-0.1, -0.05) is 39.0 Å². The highest BCUT2D eigenvalue weighted by atomic mass is 35.5. The number of nitrogens with zero attached hydrogens (tertiary/aromatic N) is 2. The second kappa shape index (κ2) is 11.0. The normalized spacial score (nSPS) is 15.9. The van der Waals surface area contributed by atoms with Crippen LogP contribution < -0.4 is 11.1 Å². The third-order valence-corrected chi connectivity index (χ3v) is 5.00. The number of hydrogen-bond acceptors (Lipinski definition) is 4. The molecule has 0 aliphatic carbocycles. The molecule has 2 amide bonds. The summed E-state index contributed by atoms with van der Waals surface area (Å²) < 4.78 is 0. The SMILES string of the molecule is Cc1cccc(C)c1NC(=O)CN1CCN(C(=O)[C@@H](N)C(C)(C)C)CC1.Cl.Cl. The smallest absolute Gasteiger partial charge is 0.240 e. The van der Waals surface area contributed by atoms with Crippen LogP contribution in [-0.4, -0.2) is 60.4 Å². The van der Waals surface area contributed by atoms with E-state index < -0.39 is 6.04 Å². The topological polar surface area (TPSA) is 78.7 Å². The quantitative estimate of drug-likeness (QED) is 0.765. The van der Waals surface area contributed by atoms with Crippen molar-refractivity contribution in [1.29, 1.82) is 0 Å². The van der Waals surface area contributed by atoms with Crippen LogP contribution in [0.5, 0.6) is 0 Å². The molecule has 1 heterocycles. The second-order valence-corrected chi connectivity index (χ2v) is 8.26. The average Bonchev–Trinajstić information content (AvgIpc) is 2.57. The molecule has 0 aromatic heterocycles. The molecule has 0 bridgehead atoms. The number of rotatable bonds is 4. The summed E-state index contributed by atoms with van der Waals surface area (Å²) in [5.74, 6) is -0.0225. The first kappa shape index (κ1) is 26.7. The molecule has 1 aromatic rings. The molecule has 0 unspecified atom stereocenters. The number of aryl methyl sites for hydroxylation is 2. The molecule has 8 heteroatoms. The highest BCUT2D eigenvalue weighted by Gasteiger charge is 2.32. The predicted molar refractivity (Wildman–Crippen MR) is 119 cm³/mol. The van der Waals surface area contributed by atoms with Crippen molar-refractivity contribution in [2.45, 2.75) is 40.7 Å². The van der Waals surface area contributed by atoms with Crippen LogP contribution in [0.3, 0.4) is 0 Å². The Labute approximate surface area is 181 Å². The third kappa shape index (κ3) is 6.92. The lowest BCUT2D eigenvalue weighted by atomic mass is 9.86. The Bertz CT molecular complexity index is 648. The maximum absolute atomic E-state index is 12.5. The van der Waals surface area contributed by atoms with Crippen molar-refractivity contribution in [3.05, 3.63) is 29.3 Å². The minimum atomic E-state index is -0.499.